The highest BCUT2D eigenvalue weighted by atomic mass is 79.9. The zero-order valence-corrected chi connectivity index (χ0v) is 22.4. The number of hydrazone groups is 1. The molecule has 5 aromatic rings. The molecule has 188 valence electrons. The zero-order chi connectivity index (χ0) is 26.6. The highest BCUT2D eigenvalue weighted by Crippen LogP contribution is 2.34. The first-order valence-corrected chi connectivity index (χ1v) is 12.8. The van der Waals surface area contributed by atoms with Gasteiger partial charge in [0.25, 0.3) is 5.91 Å². The van der Waals surface area contributed by atoms with Crippen molar-refractivity contribution in [2.75, 3.05) is 0 Å². The largest absolute Gasteiger partial charge is 0.422 e. The van der Waals surface area contributed by atoms with Crippen molar-refractivity contribution in [1.29, 1.82) is 0 Å². The number of ether oxygens (including phenoxy) is 1. The Labute approximate surface area is 228 Å². The van der Waals surface area contributed by atoms with Crippen LogP contribution in [0.5, 0.6) is 5.75 Å². The summed E-state index contributed by atoms with van der Waals surface area (Å²) in [5.41, 5.74) is 8.86. The van der Waals surface area contributed by atoms with Crippen LogP contribution >= 0.6 is 15.9 Å². The van der Waals surface area contributed by atoms with E-state index >= 15 is 0 Å². The number of aryl methyl sites for hydroxylation is 2. The maximum atomic E-state index is 13.3. The van der Waals surface area contributed by atoms with Gasteiger partial charge < -0.3 is 9.72 Å². The number of esters is 1. The highest BCUT2D eigenvalue weighted by molar-refractivity contribution is 9.10. The number of hydrogen-bond acceptors (Lipinski definition) is 4. The first-order chi connectivity index (χ1) is 18.4. The number of amides is 1. The molecule has 5 rings (SSSR count). The average molecular weight is 566 g/mol. The number of aromatic amines is 1. The van der Waals surface area contributed by atoms with Crippen molar-refractivity contribution in [2.45, 2.75) is 13.8 Å². The molecule has 0 aliphatic carbocycles. The van der Waals surface area contributed by atoms with Crippen LogP contribution in [0.3, 0.4) is 0 Å². The molecule has 7 heteroatoms. The number of nitrogens with zero attached hydrogens (tertiary/aromatic N) is 1. The Bertz CT molecular complexity index is 1670. The molecule has 38 heavy (non-hydrogen) atoms. The SMILES string of the molecule is Cc1cc(C)c2[nH]c(C(=O)NN=Cc3ccccc3OC(=O)c3ccc(Br)cc3)c(-c3ccccc3)c2c1. The molecular formula is C31H24BrN3O3. The van der Waals surface area contributed by atoms with E-state index in [1.807, 2.05) is 44.2 Å². The lowest BCUT2D eigenvalue weighted by molar-refractivity contribution is 0.0734. The van der Waals surface area contributed by atoms with Crippen LogP contribution < -0.4 is 10.2 Å². The summed E-state index contributed by atoms with van der Waals surface area (Å²) < 4.78 is 6.46. The van der Waals surface area contributed by atoms with E-state index in [1.54, 1.807) is 48.5 Å². The third-order valence-electron chi connectivity index (χ3n) is 6.11. The van der Waals surface area contributed by atoms with Gasteiger partial charge in [-0.25, -0.2) is 10.2 Å². The predicted octanol–water partition coefficient (Wildman–Crippen LogP) is 7.20. The molecular weight excluding hydrogens is 542 g/mol. The van der Waals surface area contributed by atoms with Gasteiger partial charge in [-0.15, -0.1) is 0 Å². The Balaban J connectivity index is 1.41. The minimum Gasteiger partial charge on any atom is -0.422 e. The van der Waals surface area contributed by atoms with Crippen molar-refractivity contribution in [1.82, 2.24) is 10.4 Å². The predicted molar refractivity (Wildman–Crippen MR) is 154 cm³/mol. The number of carbonyl (C=O) groups excluding carboxylic acids is 2. The Morgan fingerprint density at radius 1 is 0.921 bits per heavy atom. The number of carbonyl (C=O) groups is 2. The molecule has 0 fully saturated rings. The van der Waals surface area contributed by atoms with E-state index in [-0.39, 0.29) is 5.91 Å². The third-order valence-corrected chi connectivity index (χ3v) is 6.64. The molecule has 0 saturated heterocycles. The van der Waals surface area contributed by atoms with Gasteiger partial charge in [0.2, 0.25) is 0 Å². The summed E-state index contributed by atoms with van der Waals surface area (Å²) in [4.78, 5) is 29.2. The number of fused-ring (bicyclic) bond motifs is 1. The van der Waals surface area contributed by atoms with Gasteiger partial charge in [-0.05, 0) is 67.4 Å². The van der Waals surface area contributed by atoms with Crippen LogP contribution in [0.25, 0.3) is 22.0 Å². The van der Waals surface area contributed by atoms with E-state index in [2.05, 4.69) is 43.6 Å². The van der Waals surface area contributed by atoms with Crippen molar-refractivity contribution in [3.05, 3.63) is 123 Å². The lowest BCUT2D eigenvalue weighted by Gasteiger charge is -2.07. The Hall–Kier alpha value is -4.49. The van der Waals surface area contributed by atoms with Crippen LogP contribution in [0, 0.1) is 13.8 Å². The standard InChI is InChI=1S/C31H24BrN3O3/c1-19-16-20(2)28-25(17-19)27(21-8-4-3-5-9-21)29(34-28)30(36)35-33-18-23-10-6-7-11-26(23)38-31(37)22-12-14-24(32)15-13-22/h3-18,34H,1-2H3,(H,35,36). The average Bonchev–Trinajstić information content (AvgIpc) is 3.30. The Kier molecular flexibility index (Phi) is 7.20. The number of para-hydroxylation sites is 1. The number of rotatable bonds is 6. The number of nitrogens with one attached hydrogen (secondary N) is 2. The van der Waals surface area contributed by atoms with Gasteiger partial charge >= 0.3 is 5.97 Å². The van der Waals surface area contributed by atoms with Crippen LogP contribution in [0.4, 0.5) is 0 Å². The molecule has 1 amide bonds. The summed E-state index contributed by atoms with van der Waals surface area (Å²) in [6.45, 7) is 4.06. The van der Waals surface area contributed by atoms with Crippen molar-refractivity contribution < 1.29 is 14.3 Å². The lowest BCUT2D eigenvalue weighted by Crippen LogP contribution is -2.19. The first kappa shape index (κ1) is 25.2. The smallest absolute Gasteiger partial charge is 0.343 e. The van der Waals surface area contributed by atoms with Gasteiger partial charge in [0.1, 0.15) is 11.4 Å². The fourth-order valence-corrected chi connectivity index (χ4v) is 4.63. The Morgan fingerprint density at radius 2 is 1.63 bits per heavy atom. The van der Waals surface area contributed by atoms with Gasteiger partial charge in [0.15, 0.2) is 0 Å². The topological polar surface area (TPSA) is 83.6 Å². The molecule has 0 aliphatic heterocycles. The van der Waals surface area contributed by atoms with Crippen LogP contribution in [0.1, 0.15) is 37.5 Å². The molecule has 0 saturated carbocycles. The highest BCUT2D eigenvalue weighted by Gasteiger charge is 2.20. The van der Waals surface area contributed by atoms with Crippen LogP contribution in [0.2, 0.25) is 0 Å². The number of H-pyrrole nitrogens is 1. The lowest BCUT2D eigenvalue weighted by atomic mass is 9.99. The molecule has 0 atom stereocenters. The minimum absolute atomic E-state index is 0.333. The zero-order valence-electron chi connectivity index (χ0n) is 20.8. The maximum Gasteiger partial charge on any atom is 0.343 e. The maximum absolute atomic E-state index is 13.3. The molecule has 1 aromatic heterocycles. The Morgan fingerprint density at radius 3 is 2.39 bits per heavy atom. The second-order valence-electron chi connectivity index (χ2n) is 8.88. The molecule has 0 aliphatic rings. The van der Waals surface area contributed by atoms with Crippen LogP contribution in [0.15, 0.2) is 101 Å². The summed E-state index contributed by atoms with van der Waals surface area (Å²) in [5, 5.41) is 5.15. The summed E-state index contributed by atoms with van der Waals surface area (Å²) >= 11 is 3.36. The number of aromatic nitrogens is 1. The second-order valence-corrected chi connectivity index (χ2v) is 9.79. The van der Waals surface area contributed by atoms with Crippen molar-refractivity contribution >= 4 is 44.9 Å². The molecule has 2 N–H and O–H groups in total. The van der Waals surface area contributed by atoms with E-state index in [0.717, 1.165) is 37.6 Å². The third kappa shape index (κ3) is 5.28. The molecule has 0 spiro atoms. The second kappa shape index (κ2) is 10.9. The summed E-state index contributed by atoms with van der Waals surface area (Å²) in [6.07, 6.45) is 1.46. The number of halogens is 1. The van der Waals surface area contributed by atoms with Crippen LogP contribution in [-0.2, 0) is 0 Å². The van der Waals surface area contributed by atoms with E-state index in [1.165, 1.54) is 6.21 Å². The van der Waals surface area contributed by atoms with Crippen molar-refractivity contribution in [3.8, 4) is 16.9 Å². The fraction of sp³-hybridized carbons (Fsp3) is 0.0645. The molecule has 4 aromatic carbocycles. The monoisotopic (exact) mass is 565 g/mol. The van der Waals surface area contributed by atoms with Gasteiger partial charge in [-0.1, -0.05) is 70.0 Å². The van der Waals surface area contributed by atoms with E-state index in [9.17, 15) is 9.59 Å². The fourth-order valence-electron chi connectivity index (χ4n) is 4.37. The van der Waals surface area contributed by atoms with E-state index in [4.69, 9.17) is 4.74 Å². The van der Waals surface area contributed by atoms with Gasteiger partial charge in [0.05, 0.1) is 11.8 Å². The summed E-state index contributed by atoms with van der Waals surface area (Å²) in [7, 11) is 0. The molecule has 6 nitrogen and oxygen atoms in total. The molecule has 0 bridgehead atoms. The van der Waals surface area contributed by atoms with Crippen molar-refractivity contribution in [3.63, 3.8) is 0 Å². The first-order valence-electron chi connectivity index (χ1n) is 12.0. The molecule has 1 heterocycles. The number of hydrogen-bond donors (Lipinski definition) is 2. The van der Waals surface area contributed by atoms with E-state index in [0.29, 0.717) is 22.6 Å². The van der Waals surface area contributed by atoms with Gasteiger partial charge in [-0.2, -0.15) is 5.10 Å². The quantitative estimate of drug-likeness (QED) is 0.0987. The minimum atomic E-state index is -0.487. The van der Waals surface area contributed by atoms with E-state index < -0.39 is 5.97 Å². The summed E-state index contributed by atoms with van der Waals surface area (Å²) in [5.74, 6) is -0.531. The number of benzene rings is 4. The molecule has 0 radical (unpaired) electrons. The molecule has 0 unspecified atom stereocenters. The van der Waals surface area contributed by atoms with Gasteiger partial charge in [-0.3, -0.25) is 4.79 Å². The van der Waals surface area contributed by atoms with Gasteiger partial charge in [0, 0.05) is 26.5 Å². The normalized spacial score (nSPS) is 11.1. The summed E-state index contributed by atoms with van der Waals surface area (Å²) in [6, 6.07) is 27.9. The van der Waals surface area contributed by atoms with Crippen LogP contribution in [-0.4, -0.2) is 23.1 Å². The van der Waals surface area contributed by atoms with Crippen molar-refractivity contribution in [2.24, 2.45) is 5.10 Å².